The van der Waals surface area contributed by atoms with Crippen molar-refractivity contribution in [3.63, 3.8) is 0 Å². The third-order valence-corrected chi connectivity index (χ3v) is 5.13. The van der Waals surface area contributed by atoms with E-state index in [1.807, 2.05) is 40.1 Å². The maximum Gasteiger partial charge on any atom is 0.410 e. The number of carbonyl (C=O) groups excluding carboxylic acids is 2. The summed E-state index contributed by atoms with van der Waals surface area (Å²) in [5, 5.41) is 0. The number of ether oxygens (including phenoxy) is 1. The van der Waals surface area contributed by atoms with E-state index < -0.39 is 6.04 Å². The highest BCUT2D eigenvalue weighted by Gasteiger charge is 2.38. The molecule has 0 spiro atoms. The first kappa shape index (κ1) is 18.7. The van der Waals surface area contributed by atoms with Gasteiger partial charge in [0.2, 0.25) is 5.91 Å². The standard InChI is InChI=1S/C20H29N3O3/c1-15(21)19(24)22-12-6-5-9-18(22)13-23(17-10-11-17)20(25)26-14-16-7-3-2-4-8-16/h2-4,7-8,15,17-18H,5-6,9-14,21H2,1H3/t15-,18-/m0/s1. The smallest absolute Gasteiger partial charge is 0.410 e. The van der Waals surface area contributed by atoms with Crippen LogP contribution in [0, 0.1) is 0 Å². The fourth-order valence-electron chi connectivity index (χ4n) is 3.53. The van der Waals surface area contributed by atoms with E-state index in [1.54, 1.807) is 6.92 Å². The first-order chi connectivity index (χ1) is 12.6. The topological polar surface area (TPSA) is 75.9 Å². The lowest BCUT2D eigenvalue weighted by Crippen LogP contribution is -2.54. The third-order valence-electron chi connectivity index (χ3n) is 5.13. The number of piperidine rings is 1. The van der Waals surface area contributed by atoms with Crippen molar-refractivity contribution in [1.29, 1.82) is 0 Å². The zero-order chi connectivity index (χ0) is 18.5. The summed E-state index contributed by atoms with van der Waals surface area (Å²) in [6.07, 6.45) is 4.72. The first-order valence-corrected chi connectivity index (χ1v) is 9.59. The molecule has 2 N–H and O–H groups in total. The molecule has 3 rings (SSSR count). The Morgan fingerprint density at radius 1 is 1.23 bits per heavy atom. The van der Waals surface area contributed by atoms with E-state index in [9.17, 15) is 9.59 Å². The van der Waals surface area contributed by atoms with E-state index in [4.69, 9.17) is 10.5 Å². The van der Waals surface area contributed by atoms with E-state index in [-0.39, 0.29) is 30.7 Å². The highest BCUT2D eigenvalue weighted by atomic mass is 16.6. The molecule has 2 fully saturated rings. The molecule has 0 bridgehead atoms. The molecule has 0 radical (unpaired) electrons. The van der Waals surface area contributed by atoms with Crippen molar-refractivity contribution >= 4 is 12.0 Å². The molecule has 2 atom stereocenters. The van der Waals surface area contributed by atoms with E-state index in [0.29, 0.717) is 6.54 Å². The van der Waals surface area contributed by atoms with Gasteiger partial charge in [-0.1, -0.05) is 30.3 Å². The summed E-state index contributed by atoms with van der Waals surface area (Å²) >= 11 is 0. The van der Waals surface area contributed by atoms with Gasteiger partial charge < -0.3 is 20.3 Å². The van der Waals surface area contributed by atoms with Crippen molar-refractivity contribution in [2.75, 3.05) is 13.1 Å². The van der Waals surface area contributed by atoms with Crippen LogP contribution in [0.3, 0.4) is 0 Å². The predicted octanol–water partition coefficient (Wildman–Crippen LogP) is 2.52. The van der Waals surface area contributed by atoms with Crippen LogP contribution in [0.2, 0.25) is 0 Å². The van der Waals surface area contributed by atoms with E-state index in [1.165, 1.54) is 0 Å². The van der Waals surface area contributed by atoms with Gasteiger partial charge in [-0.15, -0.1) is 0 Å². The molecule has 0 aromatic heterocycles. The van der Waals surface area contributed by atoms with Gasteiger partial charge in [-0.2, -0.15) is 0 Å². The number of hydrogen-bond acceptors (Lipinski definition) is 4. The van der Waals surface area contributed by atoms with Crippen LogP contribution in [0.5, 0.6) is 0 Å². The van der Waals surface area contributed by atoms with Gasteiger partial charge in [0.05, 0.1) is 6.04 Å². The van der Waals surface area contributed by atoms with Gasteiger partial charge in [-0.05, 0) is 44.6 Å². The molecule has 2 aliphatic rings. The Morgan fingerprint density at radius 3 is 2.62 bits per heavy atom. The van der Waals surface area contributed by atoms with Gasteiger partial charge in [-0.3, -0.25) is 4.79 Å². The maximum absolute atomic E-state index is 12.7. The Kier molecular flexibility index (Phi) is 6.14. The summed E-state index contributed by atoms with van der Waals surface area (Å²) in [6, 6.07) is 9.46. The zero-order valence-electron chi connectivity index (χ0n) is 15.5. The summed E-state index contributed by atoms with van der Waals surface area (Å²) in [5.41, 5.74) is 6.78. The van der Waals surface area contributed by atoms with Crippen molar-refractivity contribution < 1.29 is 14.3 Å². The number of benzene rings is 1. The lowest BCUT2D eigenvalue weighted by molar-refractivity contribution is -0.136. The number of rotatable bonds is 6. The second-order valence-corrected chi connectivity index (χ2v) is 7.39. The highest BCUT2D eigenvalue weighted by molar-refractivity contribution is 5.81. The SMILES string of the molecule is C[C@H](N)C(=O)N1CCCC[C@H]1CN(C(=O)OCc1ccccc1)C1CC1. The quantitative estimate of drug-likeness (QED) is 0.847. The third kappa shape index (κ3) is 4.75. The number of amides is 2. The van der Waals surface area contributed by atoms with Crippen LogP contribution in [-0.4, -0.2) is 53.0 Å². The molecule has 1 saturated carbocycles. The van der Waals surface area contributed by atoms with Crippen LogP contribution in [0.25, 0.3) is 0 Å². The van der Waals surface area contributed by atoms with Crippen LogP contribution in [0.1, 0.15) is 44.6 Å². The minimum absolute atomic E-state index is 0.0249. The summed E-state index contributed by atoms with van der Waals surface area (Å²) < 4.78 is 5.54. The van der Waals surface area contributed by atoms with Gasteiger partial charge >= 0.3 is 6.09 Å². The van der Waals surface area contributed by atoms with Gasteiger partial charge in [0, 0.05) is 25.2 Å². The second-order valence-electron chi connectivity index (χ2n) is 7.39. The maximum atomic E-state index is 12.7. The number of nitrogens with two attached hydrogens (primary N) is 1. The van der Waals surface area contributed by atoms with Gasteiger partial charge in [0.25, 0.3) is 0 Å². The van der Waals surface area contributed by atoms with Crippen molar-refractivity contribution in [3.05, 3.63) is 35.9 Å². The van der Waals surface area contributed by atoms with Crippen LogP contribution >= 0.6 is 0 Å². The van der Waals surface area contributed by atoms with Gasteiger partial charge in [0.1, 0.15) is 6.61 Å². The minimum Gasteiger partial charge on any atom is -0.445 e. The van der Waals surface area contributed by atoms with Crippen molar-refractivity contribution in [2.45, 2.75) is 63.8 Å². The number of likely N-dealkylation sites (tertiary alicyclic amines) is 1. The molecule has 1 aliphatic heterocycles. The summed E-state index contributed by atoms with van der Waals surface area (Å²) in [4.78, 5) is 28.8. The van der Waals surface area contributed by atoms with Gasteiger partial charge in [0.15, 0.2) is 0 Å². The molecule has 1 heterocycles. The molecule has 0 unspecified atom stereocenters. The predicted molar refractivity (Wildman–Crippen MR) is 99.4 cm³/mol. The Hall–Kier alpha value is -2.08. The van der Waals surface area contributed by atoms with Crippen LogP contribution in [-0.2, 0) is 16.1 Å². The van der Waals surface area contributed by atoms with Crippen LogP contribution < -0.4 is 5.73 Å². The molecule has 26 heavy (non-hydrogen) atoms. The number of nitrogens with zero attached hydrogens (tertiary/aromatic N) is 2. The normalized spacial score (nSPS) is 21.2. The lowest BCUT2D eigenvalue weighted by atomic mass is 10.0. The lowest BCUT2D eigenvalue weighted by Gasteiger charge is -2.39. The van der Waals surface area contributed by atoms with Crippen LogP contribution in [0.4, 0.5) is 4.79 Å². The molecule has 6 heteroatoms. The molecule has 1 aromatic carbocycles. The molecule has 1 aromatic rings. The molecule has 2 amide bonds. The van der Waals surface area contributed by atoms with Crippen LogP contribution in [0.15, 0.2) is 30.3 Å². The molecule has 1 saturated heterocycles. The number of hydrogen-bond donors (Lipinski definition) is 1. The summed E-state index contributed by atoms with van der Waals surface area (Å²) in [6.45, 7) is 3.26. The highest BCUT2D eigenvalue weighted by Crippen LogP contribution is 2.30. The molecular formula is C20H29N3O3. The monoisotopic (exact) mass is 359 g/mol. The van der Waals surface area contributed by atoms with Crippen molar-refractivity contribution in [1.82, 2.24) is 9.80 Å². The van der Waals surface area contributed by atoms with E-state index >= 15 is 0 Å². The Morgan fingerprint density at radius 2 is 1.96 bits per heavy atom. The number of carbonyl (C=O) groups is 2. The van der Waals surface area contributed by atoms with E-state index in [0.717, 1.165) is 44.2 Å². The molecular weight excluding hydrogens is 330 g/mol. The van der Waals surface area contributed by atoms with E-state index in [2.05, 4.69) is 0 Å². The summed E-state index contributed by atoms with van der Waals surface area (Å²) in [5.74, 6) is -0.0249. The minimum atomic E-state index is -0.505. The Balaban J connectivity index is 1.61. The molecule has 142 valence electrons. The Bertz CT molecular complexity index is 616. The fourth-order valence-corrected chi connectivity index (χ4v) is 3.53. The average molecular weight is 359 g/mol. The molecule has 6 nitrogen and oxygen atoms in total. The molecule has 1 aliphatic carbocycles. The largest absolute Gasteiger partial charge is 0.445 e. The summed E-state index contributed by atoms with van der Waals surface area (Å²) in [7, 11) is 0. The first-order valence-electron chi connectivity index (χ1n) is 9.59. The Labute approximate surface area is 155 Å². The second kappa shape index (κ2) is 8.54. The van der Waals surface area contributed by atoms with Crippen molar-refractivity contribution in [3.8, 4) is 0 Å². The fraction of sp³-hybridized carbons (Fsp3) is 0.600. The van der Waals surface area contributed by atoms with Crippen molar-refractivity contribution in [2.24, 2.45) is 5.73 Å². The average Bonchev–Trinajstić information content (AvgIpc) is 3.49. The zero-order valence-corrected chi connectivity index (χ0v) is 15.5. The van der Waals surface area contributed by atoms with Gasteiger partial charge in [-0.25, -0.2) is 4.79 Å².